The lowest BCUT2D eigenvalue weighted by molar-refractivity contribution is -0.862. The van der Waals surface area contributed by atoms with Gasteiger partial charge in [0, 0.05) is 20.1 Å². The van der Waals surface area contributed by atoms with Gasteiger partial charge in [-0.15, -0.1) is 0 Å². The van der Waals surface area contributed by atoms with Gasteiger partial charge in [0.05, 0.1) is 6.04 Å². The summed E-state index contributed by atoms with van der Waals surface area (Å²) in [6.45, 7) is 6.30. The van der Waals surface area contributed by atoms with Crippen molar-refractivity contribution in [2.75, 3.05) is 20.1 Å². The van der Waals surface area contributed by atoms with Crippen molar-refractivity contribution in [1.82, 2.24) is 5.32 Å². The van der Waals surface area contributed by atoms with Crippen molar-refractivity contribution in [1.29, 1.82) is 0 Å². The molecular formula is C7H18N2. The van der Waals surface area contributed by atoms with E-state index in [1.54, 1.807) is 0 Å². The van der Waals surface area contributed by atoms with Gasteiger partial charge in [-0.1, -0.05) is 13.8 Å². The molecule has 0 aromatic carbocycles. The fraction of sp³-hybridized carbons (Fsp3) is 0.857. The summed E-state index contributed by atoms with van der Waals surface area (Å²) in [5, 5.41) is 3.18. The SMILES string of the molecule is CC.[CH2-][NH+](C)C1CNC1. The third-order valence-corrected chi connectivity index (χ3v) is 1.48. The minimum atomic E-state index is 0.778. The number of likely N-dealkylation sites (N-methyl/N-ethyl adjacent to an activating group) is 1. The Bertz CT molecular complexity index is 57.9. The molecule has 0 aromatic heterocycles. The fourth-order valence-corrected chi connectivity index (χ4v) is 0.637. The molecule has 1 atom stereocenters. The summed E-state index contributed by atoms with van der Waals surface area (Å²) in [5.74, 6) is 0. The number of quaternary nitrogens is 1. The van der Waals surface area contributed by atoms with E-state index in [1.165, 1.54) is 4.90 Å². The first-order valence-corrected chi connectivity index (χ1v) is 3.67. The maximum atomic E-state index is 3.84. The predicted molar refractivity (Wildman–Crippen MR) is 40.2 cm³/mol. The van der Waals surface area contributed by atoms with Gasteiger partial charge < -0.3 is 10.2 Å². The molecule has 1 rings (SSSR count). The maximum Gasteiger partial charge on any atom is 0.0886 e. The molecule has 0 aliphatic carbocycles. The largest absolute Gasteiger partial charge is 0.466 e. The van der Waals surface area contributed by atoms with E-state index < -0.39 is 0 Å². The molecule has 1 unspecified atom stereocenters. The molecule has 9 heavy (non-hydrogen) atoms. The van der Waals surface area contributed by atoms with Crippen molar-refractivity contribution < 1.29 is 4.90 Å². The Balaban J connectivity index is 0.000000291. The number of rotatable bonds is 1. The molecule has 0 amide bonds. The smallest absolute Gasteiger partial charge is 0.0886 e. The van der Waals surface area contributed by atoms with Crippen LogP contribution in [0.3, 0.4) is 0 Å². The van der Waals surface area contributed by atoms with Crippen LogP contribution in [0.1, 0.15) is 13.8 Å². The topological polar surface area (TPSA) is 16.5 Å². The summed E-state index contributed by atoms with van der Waals surface area (Å²) in [4.78, 5) is 1.32. The van der Waals surface area contributed by atoms with Gasteiger partial charge in [0.1, 0.15) is 0 Å². The van der Waals surface area contributed by atoms with Crippen LogP contribution in [0.15, 0.2) is 0 Å². The Hall–Kier alpha value is -0.0800. The van der Waals surface area contributed by atoms with Crippen LogP contribution in [-0.2, 0) is 0 Å². The summed E-state index contributed by atoms with van der Waals surface area (Å²) in [6.07, 6.45) is 0. The van der Waals surface area contributed by atoms with Crippen LogP contribution >= 0.6 is 0 Å². The van der Waals surface area contributed by atoms with Gasteiger partial charge >= 0.3 is 0 Å². The number of hydrogen-bond donors (Lipinski definition) is 2. The molecular weight excluding hydrogens is 112 g/mol. The lowest BCUT2D eigenvalue weighted by Crippen LogP contribution is -3.12. The van der Waals surface area contributed by atoms with E-state index in [9.17, 15) is 0 Å². The Kier molecular flexibility index (Phi) is 4.72. The van der Waals surface area contributed by atoms with Crippen LogP contribution in [0, 0.1) is 7.05 Å². The average Bonchev–Trinajstić information content (AvgIpc) is 1.65. The summed E-state index contributed by atoms with van der Waals surface area (Å²) in [6, 6.07) is 0.778. The molecule has 1 saturated heterocycles. The van der Waals surface area contributed by atoms with Gasteiger partial charge in [0.15, 0.2) is 0 Å². The third kappa shape index (κ3) is 2.82. The second kappa shape index (κ2) is 4.77. The zero-order valence-electron chi connectivity index (χ0n) is 6.70. The van der Waals surface area contributed by atoms with Crippen LogP contribution in [-0.4, -0.2) is 26.2 Å². The van der Waals surface area contributed by atoms with Crippen molar-refractivity contribution in [3.8, 4) is 0 Å². The lowest BCUT2D eigenvalue weighted by Gasteiger charge is -2.34. The lowest BCUT2D eigenvalue weighted by atomic mass is 10.2. The van der Waals surface area contributed by atoms with Gasteiger partial charge in [0.25, 0.3) is 0 Å². The molecule has 0 spiro atoms. The Morgan fingerprint density at radius 3 is 1.89 bits per heavy atom. The molecule has 0 radical (unpaired) electrons. The first-order valence-electron chi connectivity index (χ1n) is 3.67. The van der Waals surface area contributed by atoms with E-state index in [0.29, 0.717) is 0 Å². The first kappa shape index (κ1) is 8.92. The van der Waals surface area contributed by atoms with Gasteiger partial charge in [-0.2, -0.15) is 7.05 Å². The Morgan fingerprint density at radius 2 is 1.89 bits per heavy atom. The monoisotopic (exact) mass is 130 g/mol. The van der Waals surface area contributed by atoms with Gasteiger partial charge in [-0.05, 0) is 0 Å². The highest BCUT2D eigenvalue weighted by Gasteiger charge is 2.18. The highest BCUT2D eigenvalue weighted by atomic mass is 15.2. The van der Waals surface area contributed by atoms with Crippen molar-refractivity contribution in [3.63, 3.8) is 0 Å². The first-order chi connectivity index (χ1) is 4.30. The van der Waals surface area contributed by atoms with Crippen molar-refractivity contribution in [3.05, 3.63) is 7.05 Å². The van der Waals surface area contributed by atoms with E-state index in [1.807, 2.05) is 13.8 Å². The molecule has 2 nitrogen and oxygen atoms in total. The van der Waals surface area contributed by atoms with Crippen LogP contribution in [0.25, 0.3) is 0 Å². The summed E-state index contributed by atoms with van der Waals surface area (Å²) >= 11 is 0. The summed E-state index contributed by atoms with van der Waals surface area (Å²) in [5.41, 5.74) is 0. The molecule has 2 N–H and O–H groups in total. The van der Waals surface area contributed by atoms with Crippen LogP contribution in [0.5, 0.6) is 0 Å². The molecule has 2 heteroatoms. The predicted octanol–water partition coefficient (Wildman–Crippen LogP) is -0.709. The normalized spacial score (nSPS) is 21.3. The summed E-state index contributed by atoms with van der Waals surface area (Å²) in [7, 11) is 5.93. The zero-order valence-corrected chi connectivity index (χ0v) is 6.70. The summed E-state index contributed by atoms with van der Waals surface area (Å²) < 4.78 is 0. The number of nitrogens with one attached hydrogen (secondary N) is 2. The second-order valence-electron chi connectivity index (χ2n) is 2.20. The maximum absolute atomic E-state index is 3.84. The molecule has 1 aliphatic rings. The molecule has 0 aromatic rings. The molecule has 56 valence electrons. The highest BCUT2D eigenvalue weighted by molar-refractivity contribution is 4.72. The molecule has 0 bridgehead atoms. The minimum absolute atomic E-state index is 0.778. The van der Waals surface area contributed by atoms with Gasteiger partial charge in [0.2, 0.25) is 0 Å². The fourth-order valence-electron chi connectivity index (χ4n) is 0.637. The average molecular weight is 130 g/mol. The molecule has 1 heterocycles. The standard InChI is InChI=1S/C5H12N2.C2H6/c1-7(2)5-3-6-4-5;1-2/h5-7H,1,3-4H2,2H3;1-2H3. The van der Waals surface area contributed by atoms with E-state index in [0.717, 1.165) is 19.1 Å². The van der Waals surface area contributed by atoms with Crippen LogP contribution in [0.2, 0.25) is 0 Å². The van der Waals surface area contributed by atoms with E-state index >= 15 is 0 Å². The molecule has 1 fully saturated rings. The van der Waals surface area contributed by atoms with Gasteiger partial charge in [-0.3, -0.25) is 0 Å². The Morgan fingerprint density at radius 1 is 1.44 bits per heavy atom. The van der Waals surface area contributed by atoms with Crippen molar-refractivity contribution in [2.24, 2.45) is 0 Å². The second-order valence-corrected chi connectivity index (χ2v) is 2.20. The van der Waals surface area contributed by atoms with E-state index in [4.69, 9.17) is 0 Å². The van der Waals surface area contributed by atoms with Crippen LogP contribution in [0.4, 0.5) is 0 Å². The quantitative estimate of drug-likeness (QED) is 0.448. The zero-order chi connectivity index (χ0) is 7.28. The number of hydrogen-bond acceptors (Lipinski definition) is 1. The third-order valence-electron chi connectivity index (χ3n) is 1.48. The Labute approximate surface area is 58.2 Å². The van der Waals surface area contributed by atoms with Gasteiger partial charge in [-0.25, -0.2) is 0 Å². The van der Waals surface area contributed by atoms with E-state index in [-0.39, 0.29) is 0 Å². The van der Waals surface area contributed by atoms with E-state index in [2.05, 4.69) is 19.4 Å². The highest BCUT2D eigenvalue weighted by Crippen LogP contribution is 1.81. The minimum Gasteiger partial charge on any atom is -0.466 e. The molecule has 1 aliphatic heterocycles. The van der Waals surface area contributed by atoms with Crippen molar-refractivity contribution in [2.45, 2.75) is 19.9 Å². The van der Waals surface area contributed by atoms with Crippen LogP contribution < -0.4 is 10.2 Å². The molecule has 0 saturated carbocycles. The van der Waals surface area contributed by atoms with Crippen molar-refractivity contribution >= 4 is 0 Å².